The Labute approximate surface area is 179 Å². The third-order valence-corrected chi connectivity index (χ3v) is 10.2. The second-order valence-corrected chi connectivity index (χ2v) is 12.3. The van der Waals surface area contributed by atoms with Gasteiger partial charge in [0.15, 0.2) is 0 Å². The number of aliphatic hydroxyl groups excluding tert-OH is 2. The van der Waals surface area contributed by atoms with Crippen LogP contribution in [0.3, 0.4) is 0 Å². The Bertz CT molecular complexity index is 624. The molecule has 0 aromatic rings. The lowest BCUT2D eigenvalue weighted by Crippen LogP contribution is -2.56. The highest BCUT2D eigenvalue weighted by molar-refractivity contribution is 5.26. The van der Waals surface area contributed by atoms with E-state index in [-0.39, 0.29) is 17.6 Å². The van der Waals surface area contributed by atoms with Gasteiger partial charge in [0.1, 0.15) is 0 Å². The highest BCUT2D eigenvalue weighted by Gasteiger charge is 2.61. The Balaban J connectivity index is 1.54. The number of aliphatic hydroxyl groups is 2. The standard InChI is InChI=1S/C27H46O2/c1-17(2)7-6-8-18(3)22-11-12-23-21-10-9-19-15-20(28)13-14-26(19,4)25(21)24(29)16-27(22,23)5/h9,17-18,20-25,28-29H,6-8,10-16H2,1-5H3/t18-,20+,21+,22-,23+,24-,25-,26+,27-/m1/s1. The molecule has 29 heavy (non-hydrogen) atoms. The summed E-state index contributed by atoms with van der Waals surface area (Å²) < 4.78 is 0. The van der Waals surface area contributed by atoms with Gasteiger partial charge in [-0.25, -0.2) is 0 Å². The molecule has 166 valence electrons. The van der Waals surface area contributed by atoms with E-state index < -0.39 is 0 Å². The van der Waals surface area contributed by atoms with Gasteiger partial charge in [-0.1, -0.05) is 65.5 Å². The van der Waals surface area contributed by atoms with Gasteiger partial charge in [0.25, 0.3) is 0 Å². The van der Waals surface area contributed by atoms with Crippen molar-refractivity contribution in [1.82, 2.24) is 0 Å². The van der Waals surface area contributed by atoms with Gasteiger partial charge in [0, 0.05) is 0 Å². The maximum atomic E-state index is 11.5. The SMILES string of the molecule is CC(C)CCC[C@@H](C)[C@H]1CC[C@H]2[C@@H]3CC=C4C[C@@H](O)CC[C@]4(C)[C@H]3[C@H](O)C[C@]12C. The van der Waals surface area contributed by atoms with E-state index in [1.165, 1.54) is 37.7 Å². The lowest BCUT2D eigenvalue weighted by molar-refractivity contribution is -0.129. The van der Waals surface area contributed by atoms with Crippen LogP contribution in [-0.2, 0) is 0 Å². The van der Waals surface area contributed by atoms with Crippen molar-refractivity contribution in [1.29, 1.82) is 0 Å². The van der Waals surface area contributed by atoms with Crippen LogP contribution in [-0.4, -0.2) is 22.4 Å². The van der Waals surface area contributed by atoms with Gasteiger partial charge in [0.05, 0.1) is 12.2 Å². The van der Waals surface area contributed by atoms with Crippen LogP contribution in [0, 0.1) is 46.3 Å². The lowest BCUT2D eigenvalue weighted by Gasteiger charge is -2.60. The smallest absolute Gasteiger partial charge is 0.0585 e. The molecule has 2 nitrogen and oxygen atoms in total. The van der Waals surface area contributed by atoms with Crippen LogP contribution in [0.1, 0.15) is 98.8 Å². The Morgan fingerprint density at radius 2 is 1.83 bits per heavy atom. The van der Waals surface area contributed by atoms with Crippen LogP contribution in [0.5, 0.6) is 0 Å². The Kier molecular flexibility index (Phi) is 6.01. The van der Waals surface area contributed by atoms with E-state index in [4.69, 9.17) is 0 Å². The zero-order valence-corrected chi connectivity index (χ0v) is 19.7. The van der Waals surface area contributed by atoms with Crippen molar-refractivity contribution >= 4 is 0 Å². The zero-order chi connectivity index (χ0) is 21.0. The van der Waals surface area contributed by atoms with E-state index in [1.54, 1.807) is 0 Å². The topological polar surface area (TPSA) is 40.5 Å². The van der Waals surface area contributed by atoms with Crippen molar-refractivity contribution in [2.24, 2.45) is 46.3 Å². The maximum Gasteiger partial charge on any atom is 0.0585 e. The molecule has 2 heteroatoms. The summed E-state index contributed by atoms with van der Waals surface area (Å²) in [4.78, 5) is 0. The summed E-state index contributed by atoms with van der Waals surface area (Å²) >= 11 is 0. The van der Waals surface area contributed by atoms with Gasteiger partial charge in [-0.2, -0.15) is 0 Å². The molecule has 3 fully saturated rings. The summed E-state index contributed by atoms with van der Waals surface area (Å²) in [5.74, 6) is 4.19. The van der Waals surface area contributed by atoms with Crippen LogP contribution in [0.15, 0.2) is 11.6 Å². The highest BCUT2D eigenvalue weighted by Crippen LogP contribution is 2.67. The molecule has 0 amide bonds. The van der Waals surface area contributed by atoms with Crippen molar-refractivity contribution in [3.05, 3.63) is 11.6 Å². The van der Waals surface area contributed by atoms with Gasteiger partial charge < -0.3 is 10.2 Å². The Morgan fingerprint density at radius 3 is 2.55 bits per heavy atom. The quantitative estimate of drug-likeness (QED) is 0.525. The summed E-state index contributed by atoms with van der Waals surface area (Å²) in [6.45, 7) is 12.1. The second-order valence-electron chi connectivity index (χ2n) is 12.3. The molecule has 4 rings (SSSR count). The normalized spacial score (nSPS) is 47.9. The zero-order valence-electron chi connectivity index (χ0n) is 19.7. The van der Waals surface area contributed by atoms with E-state index >= 15 is 0 Å². The molecule has 3 saturated carbocycles. The Hall–Kier alpha value is -0.340. The van der Waals surface area contributed by atoms with Crippen molar-refractivity contribution in [3.63, 3.8) is 0 Å². The fraction of sp³-hybridized carbons (Fsp3) is 0.926. The maximum absolute atomic E-state index is 11.5. The minimum atomic E-state index is -0.173. The molecule has 0 aliphatic heterocycles. The molecule has 4 aliphatic carbocycles. The summed E-state index contributed by atoms with van der Waals surface area (Å²) in [5.41, 5.74) is 1.88. The van der Waals surface area contributed by atoms with Crippen molar-refractivity contribution in [2.75, 3.05) is 0 Å². The molecular formula is C27H46O2. The number of allylic oxidation sites excluding steroid dienone is 1. The molecule has 0 aromatic carbocycles. The molecule has 4 aliphatic rings. The van der Waals surface area contributed by atoms with Crippen molar-refractivity contribution < 1.29 is 10.2 Å². The van der Waals surface area contributed by atoms with Crippen LogP contribution in [0.25, 0.3) is 0 Å². The minimum absolute atomic E-state index is 0.115. The monoisotopic (exact) mass is 402 g/mol. The minimum Gasteiger partial charge on any atom is -0.393 e. The van der Waals surface area contributed by atoms with Crippen LogP contribution in [0.2, 0.25) is 0 Å². The van der Waals surface area contributed by atoms with Crippen LogP contribution in [0.4, 0.5) is 0 Å². The van der Waals surface area contributed by atoms with E-state index in [0.717, 1.165) is 55.8 Å². The first-order chi connectivity index (χ1) is 13.7. The molecule has 0 spiro atoms. The van der Waals surface area contributed by atoms with E-state index in [2.05, 4.69) is 40.7 Å². The first-order valence-corrected chi connectivity index (χ1v) is 12.7. The number of rotatable bonds is 5. The van der Waals surface area contributed by atoms with E-state index in [1.807, 2.05) is 0 Å². The van der Waals surface area contributed by atoms with Gasteiger partial charge in [-0.3, -0.25) is 0 Å². The lowest BCUT2D eigenvalue weighted by atomic mass is 9.46. The predicted octanol–water partition coefficient (Wildman–Crippen LogP) is 6.36. The fourth-order valence-corrected chi connectivity index (χ4v) is 8.80. The third kappa shape index (κ3) is 3.65. The predicted molar refractivity (Wildman–Crippen MR) is 120 cm³/mol. The molecule has 2 N–H and O–H groups in total. The summed E-state index contributed by atoms with van der Waals surface area (Å²) in [6, 6.07) is 0. The first kappa shape index (κ1) is 21.9. The molecular weight excluding hydrogens is 356 g/mol. The average Bonchev–Trinajstić information content (AvgIpc) is 2.98. The number of hydrogen-bond acceptors (Lipinski definition) is 2. The summed E-state index contributed by atoms with van der Waals surface area (Å²) in [5, 5.41) is 21.8. The molecule has 0 heterocycles. The van der Waals surface area contributed by atoms with Crippen LogP contribution < -0.4 is 0 Å². The largest absolute Gasteiger partial charge is 0.393 e. The van der Waals surface area contributed by atoms with E-state index in [9.17, 15) is 10.2 Å². The van der Waals surface area contributed by atoms with Crippen molar-refractivity contribution in [3.8, 4) is 0 Å². The van der Waals surface area contributed by atoms with Crippen molar-refractivity contribution in [2.45, 2.75) is 111 Å². The second kappa shape index (κ2) is 7.97. The summed E-state index contributed by atoms with van der Waals surface area (Å²) in [7, 11) is 0. The first-order valence-electron chi connectivity index (χ1n) is 12.7. The molecule has 0 unspecified atom stereocenters. The van der Waals surface area contributed by atoms with Gasteiger partial charge in [0.2, 0.25) is 0 Å². The van der Waals surface area contributed by atoms with E-state index in [0.29, 0.717) is 17.3 Å². The fourth-order valence-electron chi connectivity index (χ4n) is 8.80. The average molecular weight is 403 g/mol. The molecule has 0 saturated heterocycles. The molecule has 0 bridgehead atoms. The van der Waals surface area contributed by atoms with Gasteiger partial charge in [-0.15, -0.1) is 0 Å². The number of hydrogen-bond donors (Lipinski definition) is 2. The van der Waals surface area contributed by atoms with Gasteiger partial charge >= 0.3 is 0 Å². The molecule has 9 atom stereocenters. The molecule has 0 radical (unpaired) electrons. The van der Waals surface area contributed by atoms with Crippen LogP contribution >= 0.6 is 0 Å². The van der Waals surface area contributed by atoms with Gasteiger partial charge in [-0.05, 0) is 91.3 Å². The third-order valence-electron chi connectivity index (χ3n) is 10.2. The molecule has 0 aromatic heterocycles. The Morgan fingerprint density at radius 1 is 1.07 bits per heavy atom. The number of fused-ring (bicyclic) bond motifs is 5. The highest BCUT2D eigenvalue weighted by atomic mass is 16.3. The summed E-state index contributed by atoms with van der Waals surface area (Å²) in [6.07, 6.45) is 13.9.